The highest BCUT2D eigenvalue weighted by molar-refractivity contribution is 5.83. The van der Waals surface area contributed by atoms with Crippen LogP contribution in [0.1, 0.15) is 30.5 Å². The molecule has 2 saturated heterocycles. The molecule has 2 aliphatic rings. The van der Waals surface area contributed by atoms with Crippen molar-refractivity contribution in [2.45, 2.75) is 38.1 Å². The molecule has 2 heterocycles. The van der Waals surface area contributed by atoms with Crippen LogP contribution in [0.15, 0.2) is 60.7 Å². The summed E-state index contributed by atoms with van der Waals surface area (Å²) in [7, 11) is 2.81. The summed E-state index contributed by atoms with van der Waals surface area (Å²) in [5.74, 6) is -0.606. The van der Waals surface area contributed by atoms with Crippen molar-refractivity contribution in [1.29, 1.82) is 0 Å². The van der Waals surface area contributed by atoms with E-state index in [1.165, 1.54) is 19.8 Å². The van der Waals surface area contributed by atoms with Gasteiger partial charge in [-0.2, -0.15) is 0 Å². The number of esters is 2. The van der Waals surface area contributed by atoms with Gasteiger partial charge in [0.2, 0.25) is 0 Å². The Balaban J connectivity index is 1.79. The lowest BCUT2D eigenvalue weighted by Gasteiger charge is -2.35. The van der Waals surface area contributed by atoms with E-state index in [1.807, 2.05) is 43.3 Å². The van der Waals surface area contributed by atoms with Crippen LogP contribution in [-0.2, 0) is 25.6 Å². The first-order valence-electron chi connectivity index (χ1n) is 10.3. The van der Waals surface area contributed by atoms with E-state index in [0.29, 0.717) is 19.5 Å². The van der Waals surface area contributed by atoms with Gasteiger partial charge < -0.3 is 9.47 Å². The number of rotatable bonds is 5. The summed E-state index contributed by atoms with van der Waals surface area (Å²) in [6, 6.07) is 19.8. The maximum absolute atomic E-state index is 12.9. The number of hydrogen-bond acceptors (Lipinski definition) is 6. The number of ether oxygens (including phenoxy) is 2. The molecule has 6 heteroatoms. The first-order chi connectivity index (χ1) is 14.5. The van der Waals surface area contributed by atoms with Gasteiger partial charge in [-0.15, -0.1) is 0 Å². The van der Waals surface area contributed by atoms with E-state index in [2.05, 4.69) is 34.1 Å². The summed E-state index contributed by atoms with van der Waals surface area (Å²) in [6.07, 6.45) is 0.102. The Kier molecular flexibility index (Phi) is 5.62. The van der Waals surface area contributed by atoms with Gasteiger partial charge in [-0.1, -0.05) is 60.7 Å². The highest BCUT2D eigenvalue weighted by Gasteiger charge is 2.63. The fourth-order valence-corrected chi connectivity index (χ4v) is 5.19. The second kappa shape index (κ2) is 8.20. The number of carbonyl (C=O) groups excluding carboxylic acids is 2. The van der Waals surface area contributed by atoms with Gasteiger partial charge in [-0.3, -0.25) is 19.4 Å². The molecule has 0 bridgehead atoms. The Bertz CT molecular complexity index is 904. The van der Waals surface area contributed by atoms with Gasteiger partial charge in [0.05, 0.1) is 25.8 Å². The van der Waals surface area contributed by atoms with Crippen molar-refractivity contribution in [3.05, 3.63) is 71.8 Å². The molecule has 0 saturated carbocycles. The normalized spacial score (nSPS) is 28.8. The third-order valence-electron chi connectivity index (χ3n) is 6.48. The van der Waals surface area contributed by atoms with Crippen molar-refractivity contribution in [2.75, 3.05) is 20.8 Å². The van der Waals surface area contributed by atoms with Crippen LogP contribution in [-0.4, -0.2) is 54.7 Å². The molecule has 2 aromatic carbocycles. The Morgan fingerprint density at radius 2 is 1.63 bits per heavy atom. The van der Waals surface area contributed by atoms with Crippen LogP contribution in [0.2, 0.25) is 0 Å². The summed E-state index contributed by atoms with van der Waals surface area (Å²) in [6.45, 7) is 3.31. The zero-order chi connectivity index (χ0) is 21.3. The largest absolute Gasteiger partial charge is 0.469 e. The Labute approximate surface area is 177 Å². The van der Waals surface area contributed by atoms with Crippen LogP contribution in [0.5, 0.6) is 0 Å². The summed E-state index contributed by atoms with van der Waals surface area (Å²) < 4.78 is 10.3. The predicted octanol–water partition coefficient (Wildman–Crippen LogP) is 3.00. The molecular weight excluding hydrogens is 380 g/mol. The van der Waals surface area contributed by atoms with E-state index < -0.39 is 11.5 Å². The van der Waals surface area contributed by atoms with Gasteiger partial charge in [0.15, 0.2) is 0 Å². The maximum atomic E-state index is 12.9. The van der Waals surface area contributed by atoms with Gasteiger partial charge >= 0.3 is 11.9 Å². The van der Waals surface area contributed by atoms with E-state index in [9.17, 15) is 9.59 Å². The second-order valence-corrected chi connectivity index (χ2v) is 8.31. The van der Waals surface area contributed by atoms with Crippen LogP contribution >= 0.6 is 0 Å². The zero-order valence-corrected chi connectivity index (χ0v) is 17.7. The molecule has 0 N–H and O–H groups in total. The molecular formula is C24H28N2O4. The van der Waals surface area contributed by atoms with Crippen LogP contribution in [0.3, 0.4) is 0 Å². The smallest absolute Gasteiger partial charge is 0.323 e. The van der Waals surface area contributed by atoms with E-state index in [0.717, 1.165) is 5.56 Å². The quantitative estimate of drug-likeness (QED) is 0.709. The lowest BCUT2D eigenvalue weighted by Crippen LogP contribution is -2.49. The Morgan fingerprint density at radius 1 is 1.00 bits per heavy atom. The first kappa shape index (κ1) is 20.6. The monoisotopic (exact) mass is 408 g/mol. The fraction of sp³-hybridized carbons (Fsp3) is 0.417. The number of hydrogen-bond donors (Lipinski definition) is 0. The van der Waals surface area contributed by atoms with Crippen molar-refractivity contribution in [3.63, 3.8) is 0 Å². The van der Waals surface area contributed by atoms with E-state index in [1.54, 1.807) is 0 Å². The molecule has 158 valence electrons. The summed E-state index contributed by atoms with van der Waals surface area (Å²) in [5, 5.41) is 0. The van der Waals surface area contributed by atoms with E-state index in [-0.39, 0.29) is 24.1 Å². The lowest BCUT2D eigenvalue weighted by molar-refractivity contribution is -0.156. The zero-order valence-electron chi connectivity index (χ0n) is 17.7. The standard InChI is InChI=1S/C24H28N2O4/c1-24(23(28)30-3)14-19(21(27)29-2)26-20(18-12-8-5-9-13-18)16-25(22(24)26)15-17-10-6-4-7-11-17/h4-13,19-20,22H,14-16H2,1-3H3/t19-,20+,22-,24+/m1/s1. The highest BCUT2D eigenvalue weighted by atomic mass is 16.5. The van der Waals surface area contributed by atoms with Crippen LogP contribution in [0.25, 0.3) is 0 Å². The summed E-state index contributed by atoms with van der Waals surface area (Å²) in [5.41, 5.74) is 1.45. The molecule has 0 amide bonds. The maximum Gasteiger partial charge on any atom is 0.323 e. The molecule has 30 heavy (non-hydrogen) atoms. The molecule has 2 fully saturated rings. The van der Waals surface area contributed by atoms with Gasteiger partial charge in [0.1, 0.15) is 6.04 Å². The molecule has 0 aromatic heterocycles. The van der Waals surface area contributed by atoms with Crippen molar-refractivity contribution < 1.29 is 19.1 Å². The first-order valence-corrected chi connectivity index (χ1v) is 10.3. The van der Waals surface area contributed by atoms with E-state index >= 15 is 0 Å². The van der Waals surface area contributed by atoms with E-state index in [4.69, 9.17) is 9.47 Å². The van der Waals surface area contributed by atoms with Crippen molar-refractivity contribution in [3.8, 4) is 0 Å². The average molecular weight is 408 g/mol. The topological polar surface area (TPSA) is 59.1 Å². The van der Waals surface area contributed by atoms with Gasteiger partial charge in [-0.05, 0) is 24.5 Å². The SMILES string of the molecule is COC(=O)[C@H]1C[C@](C)(C(=O)OC)[C@@H]2N(Cc3ccccc3)C[C@@H](c3ccccc3)N12. The number of nitrogens with zero attached hydrogens (tertiary/aromatic N) is 2. The Morgan fingerprint density at radius 3 is 2.23 bits per heavy atom. The summed E-state index contributed by atoms with van der Waals surface area (Å²) >= 11 is 0. The predicted molar refractivity (Wildman–Crippen MR) is 112 cm³/mol. The minimum absolute atomic E-state index is 0.0181. The molecule has 4 rings (SSSR count). The minimum atomic E-state index is -0.841. The highest BCUT2D eigenvalue weighted by Crippen LogP contribution is 2.51. The van der Waals surface area contributed by atoms with Crippen LogP contribution < -0.4 is 0 Å². The van der Waals surface area contributed by atoms with Crippen molar-refractivity contribution in [2.24, 2.45) is 5.41 Å². The van der Waals surface area contributed by atoms with Gasteiger partial charge in [-0.25, -0.2) is 0 Å². The number of fused-ring (bicyclic) bond motifs is 1. The van der Waals surface area contributed by atoms with Crippen LogP contribution in [0, 0.1) is 5.41 Å². The third-order valence-corrected chi connectivity index (χ3v) is 6.48. The molecule has 0 unspecified atom stereocenters. The fourth-order valence-electron chi connectivity index (χ4n) is 5.19. The minimum Gasteiger partial charge on any atom is -0.469 e. The number of carbonyl (C=O) groups is 2. The molecule has 6 nitrogen and oxygen atoms in total. The van der Waals surface area contributed by atoms with Crippen molar-refractivity contribution in [1.82, 2.24) is 9.80 Å². The van der Waals surface area contributed by atoms with Gasteiger partial charge in [0.25, 0.3) is 0 Å². The molecule has 0 spiro atoms. The molecule has 2 aliphatic heterocycles. The molecule has 2 aromatic rings. The van der Waals surface area contributed by atoms with Gasteiger partial charge in [0, 0.05) is 19.1 Å². The number of benzene rings is 2. The average Bonchev–Trinajstić information content (AvgIpc) is 3.31. The Hall–Kier alpha value is -2.70. The number of methoxy groups -OCH3 is 2. The van der Waals surface area contributed by atoms with Crippen LogP contribution in [0.4, 0.5) is 0 Å². The summed E-state index contributed by atoms with van der Waals surface area (Å²) in [4.78, 5) is 30.2. The molecule has 4 atom stereocenters. The molecule has 0 aliphatic carbocycles. The molecule has 0 radical (unpaired) electrons. The lowest BCUT2D eigenvalue weighted by atomic mass is 9.84. The second-order valence-electron chi connectivity index (χ2n) is 8.31. The third kappa shape index (κ3) is 3.40. The van der Waals surface area contributed by atoms with Crippen molar-refractivity contribution >= 4 is 11.9 Å².